The van der Waals surface area contributed by atoms with E-state index in [0.717, 1.165) is 0 Å². The van der Waals surface area contributed by atoms with Crippen molar-refractivity contribution in [2.24, 2.45) is 0 Å². The van der Waals surface area contributed by atoms with Crippen molar-refractivity contribution in [3.63, 3.8) is 0 Å². The zero-order valence-corrected chi connectivity index (χ0v) is 11.2. The molecule has 0 fully saturated rings. The van der Waals surface area contributed by atoms with Crippen molar-refractivity contribution >= 4 is 5.76 Å². The maximum atomic E-state index is 10.1. The van der Waals surface area contributed by atoms with E-state index in [-0.39, 0.29) is 25.6 Å². The van der Waals surface area contributed by atoms with Gasteiger partial charge >= 0.3 is 0 Å². The first-order chi connectivity index (χ1) is 9.65. The number of fused-ring (bicyclic) bond motifs is 1. The number of hydrogen-bond acceptors (Lipinski definition) is 6. The van der Waals surface area contributed by atoms with Gasteiger partial charge in [-0.3, -0.25) is 0 Å². The second-order valence-corrected chi connectivity index (χ2v) is 4.30. The van der Waals surface area contributed by atoms with Crippen LogP contribution in [0.25, 0.3) is 5.76 Å². The first kappa shape index (κ1) is 14.5. The molecule has 0 aliphatic carbocycles. The molecule has 6 nitrogen and oxygen atoms in total. The van der Waals surface area contributed by atoms with E-state index >= 15 is 0 Å². The van der Waals surface area contributed by atoms with Crippen LogP contribution in [0, 0.1) is 0 Å². The minimum atomic E-state index is -0.926. The predicted molar refractivity (Wildman–Crippen MR) is 71.7 cm³/mol. The van der Waals surface area contributed by atoms with Gasteiger partial charge in [-0.1, -0.05) is 0 Å². The Morgan fingerprint density at radius 1 is 1.35 bits per heavy atom. The Morgan fingerprint density at radius 2 is 2.15 bits per heavy atom. The molecule has 1 aliphatic rings. The van der Waals surface area contributed by atoms with Gasteiger partial charge in [-0.2, -0.15) is 0 Å². The van der Waals surface area contributed by atoms with Crippen LogP contribution in [0.2, 0.25) is 0 Å². The Hall–Kier alpha value is -1.92. The van der Waals surface area contributed by atoms with Crippen LogP contribution in [0.5, 0.6) is 11.5 Å². The Morgan fingerprint density at radius 3 is 2.85 bits per heavy atom. The lowest BCUT2D eigenvalue weighted by Gasteiger charge is -2.21. The van der Waals surface area contributed by atoms with Crippen LogP contribution in [0.1, 0.15) is 12.5 Å². The minimum absolute atomic E-state index is 0.0126. The molecular weight excluding hydrogens is 264 g/mol. The summed E-state index contributed by atoms with van der Waals surface area (Å²) in [6.07, 6.45) is -0.926. The molecule has 6 heteroatoms. The molecule has 1 atom stereocenters. The Balaban J connectivity index is 2.14. The molecule has 1 aromatic carbocycles. The van der Waals surface area contributed by atoms with Crippen molar-refractivity contribution < 1.29 is 29.5 Å². The summed E-state index contributed by atoms with van der Waals surface area (Å²) in [5, 5.41) is 28.0. The zero-order valence-electron chi connectivity index (χ0n) is 11.2. The summed E-state index contributed by atoms with van der Waals surface area (Å²) in [5.74, 6) is 1.45. The van der Waals surface area contributed by atoms with Crippen LogP contribution in [-0.2, 0) is 4.74 Å². The predicted octanol–water partition coefficient (Wildman–Crippen LogP) is 1.07. The molecular formula is C14H18O6. The van der Waals surface area contributed by atoms with E-state index in [0.29, 0.717) is 29.4 Å². The minimum Gasteiger partial charge on any atom is -0.504 e. The third-order valence-electron chi connectivity index (χ3n) is 2.80. The van der Waals surface area contributed by atoms with Gasteiger partial charge in [-0.25, -0.2) is 0 Å². The number of aliphatic hydroxyl groups excluding tert-OH is 3. The van der Waals surface area contributed by atoms with Gasteiger partial charge < -0.3 is 29.5 Å². The Labute approximate surface area is 116 Å². The molecule has 0 spiro atoms. The maximum Gasteiger partial charge on any atom is 0.176 e. The molecule has 20 heavy (non-hydrogen) atoms. The fourth-order valence-electron chi connectivity index (χ4n) is 1.80. The highest BCUT2D eigenvalue weighted by Crippen LogP contribution is 2.34. The number of aliphatic hydroxyl groups is 3. The Bertz CT molecular complexity index is 496. The summed E-state index contributed by atoms with van der Waals surface area (Å²) in [7, 11) is 0. The first-order valence-corrected chi connectivity index (χ1v) is 6.39. The molecule has 1 aliphatic heterocycles. The van der Waals surface area contributed by atoms with Crippen LogP contribution < -0.4 is 9.47 Å². The van der Waals surface area contributed by atoms with E-state index in [1.165, 1.54) is 0 Å². The molecule has 110 valence electrons. The number of benzene rings is 1. The second-order valence-electron chi connectivity index (χ2n) is 4.30. The molecule has 0 radical (unpaired) electrons. The molecule has 0 aromatic heterocycles. The van der Waals surface area contributed by atoms with Crippen molar-refractivity contribution in [1.82, 2.24) is 0 Å². The van der Waals surface area contributed by atoms with E-state index in [1.54, 1.807) is 18.2 Å². The summed E-state index contributed by atoms with van der Waals surface area (Å²) < 4.78 is 16.1. The van der Waals surface area contributed by atoms with Crippen LogP contribution >= 0.6 is 0 Å². The fourth-order valence-corrected chi connectivity index (χ4v) is 1.80. The fraction of sp³-hybridized carbons (Fsp3) is 0.429. The first-order valence-electron chi connectivity index (χ1n) is 6.39. The van der Waals surface area contributed by atoms with E-state index < -0.39 is 6.10 Å². The lowest BCUT2D eigenvalue weighted by Crippen LogP contribution is -2.21. The van der Waals surface area contributed by atoms with Crippen molar-refractivity contribution in [3.05, 3.63) is 29.5 Å². The van der Waals surface area contributed by atoms with Gasteiger partial charge in [0.15, 0.2) is 11.5 Å². The summed E-state index contributed by atoms with van der Waals surface area (Å²) in [5.41, 5.74) is 0.537. The molecule has 0 saturated heterocycles. The van der Waals surface area contributed by atoms with Gasteiger partial charge in [-0.05, 0) is 19.1 Å². The van der Waals surface area contributed by atoms with E-state index in [9.17, 15) is 10.2 Å². The highest BCUT2D eigenvalue weighted by atomic mass is 16.5. The van der Waals surface area contributed by atoms with Crippen LogP contribution in [0.4, 0.5) is 0 Å². The van der Waals surface area contributed by atoms with Gasteiger partial charge in [0.1, 0.15) is 30.8 Å². The van der Waals surface area contributed by atoms with Crippen molar-refractivity contribution in [1.29, 1.82) is 0 Å². The lowest BCUT2D eigenvalue weighted by molar-refractivity contribution is 0.0535. The van der Waals surface area contributed by atoms with Crippen molar-refractivity contribution in [2.45, 2.75) is 13.0 Å². The summed E-state index contributed by atoms with van der Waals surface area (Å²) in [6, 6.07) is 4.93. The third-order valence-corrected chi connectivity index (χ3v) is 2.80. The van der Waals surface area contributed by atoms with Gasteiger partial charge in [0, 0.05) is 6.07 Å². The van der Waals surface area contributed by atoms with Crippen LogP contribution in [0.15, 0.2) is 24.0 Å². The standard InChI is InChI=1S/C14H18O6/c1-2-18-13-8-20-12-5-10(19-7-9(16)6-15)3-4-11(12)14(13)17/h3-5,9,15-17H,2,6-8H2,1H3. The average Bonchev–Trinajstić information content (AvgIpc) is 2.47. The smallest absolute Gasteiger partial charge is 0.176 e. The molecule has 3 N–H and O–H groups in total. The quantitative estimate of drug-likeness (QED) is 0.723. The van der Waals surface area contributed by atoms with Crippen LogP contribution in [-0.4, -0.2) is 47.9 Å². The maximum absolute atomic E-state index is 10.1. The molecule has 1 aromatic rings. The largest absolute Gasteiger partial charge is 0.504 e. The van der Waals surface area contributed by atoms with E-state index in [4.69, 9.17) is 19.3 Å². The van der Waals surface area contributed by atoms with Gasteiger partial charge in [0.2, 0.25) is 0 Å². The van der Waals surface area contributed by atoms with Crippen molar-refractivity contribution in [2.75, 3.05) is 26.4 Å². The van der Waals surface area contributed by atoms with Gasteiger partial charge in [0.05, 0.1) is 18.8 Å². The lowest BCUT2D eigenvalue weighted by atomic mass is 10.1. The third kappa shape index (κ3) is 3.15. The second kappa shape index (κ2) is 6.49. The number of hydrogen-bond donors (Lipinski definition) is 3. The molecule has 2 rings (SSSR count). The highest BCUT2D eigenvalue weighted by Gasteiger charge is 2.21. The molecule has 0 bridgehead atoms. The van der Waals surface area contributed by atoms with Crippen molar-refractivity contribution in [3.8, 4) is 11.5 Å². The molecule has 0 amide bonds. The highest BCUT2D eigenvalue weighted by molar-refractivity contribution is 5.69. The summed E-state index contributed by atoms with van der Waals surface area (Å²) in [6.45, 7) is 2.08. The molecule has 1 heterocycles. The monoisotopic (exact) mass is 282 g/mol. The number of rotatable bonds is 6. The number of ether oxygens (including phenoxy) is 3. The summed E-state index contributed by atoms with van der Waals surface area (Å²) in [4.78, 5) is 0. The SMILES string of the molecule is CCOC1=C(O)c2ccc(OCC(O)CO)cc2OC1. The normalized spacial score (nSPS) is 15.3. The summed E-state index contributed by atoms with van der Waals surface area (Å²) >= 11 is 0. The van der Waals surface area contributed by atoms with Gasteiger partial charge in [-0.15, -0.1) is 0 Å². The topological polar surface area (TPSA) is 88.4 Å². The zero-order chi connectivity index (χ0) is 14.5. The molecule has 0 saturated carbocycles. The van der Waals surface area contributed by atoms with E-state index in [1.807, 2.05) is 6.92 Å². The Kier molecular flexibility index (Phi) is 4.70. The molecule has 1 unspecified atom stereocenters. The van der Waals surface area contributed by atoms with Gasteiger partial charge in [0.25, 0.3) is 0 Å². The van der Waals surface area contributed by atoms with E-state index in [2.05, 4.69) is 0 Å². The van der Waals surface area contributed by atoms with Crippen LogP contribution in [0.3, 0.4) is 0 Å². The average molecular weight is 282 g/mol.